The SMILES string of the molecule is CCCNc1nc(NC(C)C2CCC2)c2cn[nH]c2n1. The monoisotopic (exact) mass is 274 g/mol. The highest BCUT2D eigenvalue weighted by molar-refractivity contribution is 5.87. The summed E-state index contributed by atoms with van der Waals surface area (Å²) in [5.41, 5.74) is 0.780. The molecule has 1 aliphatic carbocycles. The summed E-state index contributed by atoms with van der Waals surface area (Å²) in [5, 5.41) is 14.7. The molecule has 2 aromatic rings. The molecule has 108 valence electrons. The van der Waals surface area contributed by atoms with E-state index in [2.05, 4.69) is 44.6 Å². The minimum atomic E-state index is 0.441. The van der Waals surface area contributed by atoms with Crippen LogP contribution in [0.15, 0.2) is 6.20 Å². The summed E-state index contributed by atoms with van der Waals surface area (Å²) in [5.74, 6) is 2.30. The van der Waals surface area contributed by atoms with E-state index >= 15 is 0 Å². The number of nitrogens with one attached hydrogen (secondary N) is 3. The van der Waals surface area contributed by atoms with Gasteiger partial charge in [0.05, 0.1) is 11.6 Å². The number of aromatic nitrogens is 4. The second kappa shape index (κ2) is 5.64. The van der Waals surface area contributed by atoms with Gasteiger partial charge in [0, 0.05) is 12.6 Å². The van der Waals surface area contributed by atoms with Crippen molar-refractivity contribution in [1.82, 2.24) is 20.2 Å². The third-order valence-electron chi connectivity index (χ3n) is 4.06. The predicted molar refractivity (Wildman–Crippen MR) is 80.9 cm³/mol. The summed E-state index contributed by atoms with van der Waals surface area (Å²) >= 11 is 0. The molecule has 3 N–H and O–H groups in total. The number of H-pyrrole nitrogens is 1. The van der Waals surface area contributed by atoms with Crippen LogP contribution in [0.25, 0.3) is 11.0 Å². The highest BCUT2D eigenvalue weighted by Crippen LogP contribution is 2.31. The lowest BCUT2D eigenvalue weighted by Gasteiger charge is -2.32. The van der Waals surface area contributed by atoms with Gasteiger partial charge in [0.2, 0.25) is 5.95 Å². The van der Waals surface area contributed by atoms with Crippen molar-refractivity contribution in [2.75, 3.05) is 17.2 Å². The molecule has 1 aliphatic rings. The Kier molecular flexibility index (Phi) is 3.71. The van der Waals surface area contributed by atoms with Gasteiger partial charge >= 0.3 is 0 Å². The van der Waals surface area contributed by atoms with E-state index in [1.165, 1.54) is 19.3 Å². The zero-order valence-electron chi connectivity index (χ0n) is 12.1. The zero-order valence-corrected chi connectivity index (χ0v) is 12.1. The maximum atomic E-state index is 4.60. The molecule has 0 aromatic carbocycles. The maximum absolute atomic E-state index is 4.60. The normalized spacial score (nSPS) is 16.9. The van der Waals surface area contributed by atoms with E-state index in [1.54, 1.807) is 6.20 Å². The Balaban J connectivity index is 1.84. The van der Waals surface area contributed by atoms with Crippen LogP contribution in [0.4, 0.5) is 11.8 Å². The fourth-order valence-corrected chi connectivity index (χ4v) is 2.53. The van der Waals surface area contributed by atoms with Crippen molar-refractivity contribution >= 4 is 22.8 Å². The standard InChI is InChI=1S/C14H22N6/c1-3-7-15-14-18-12(11-8-16-20-13(11)19-14)17-9(2)10-5-4-6-10/h8-10H,3-7H2,1-2H3,(H3,15,16,17,18,19,20). The van der Waals surface area contributed by atoms with Crippen LogP contribution >= 0.6 is 0 Å². The Morgan fingerprint density at radius 2 is 2.25 bits per heavy atom. The number of hydrogen-bond donors (Lipinski definition) is 3. The summed E-state index contributed by atoms with van der Waals surface area (Å²) in [7, 11) is 0. The lowest BCUT2D eigenvalue weighted by molar-refractivity contribution is 0.285. The van der Waals surface area contributed by atoms with E-state index in [9.17, 15) is 0 Å². The molecule has 0 saturated heterocycles. The van der Waals surface area contributed by atoms with E-state index < -0.39 is 0 Å². The summed E-state index contributed by atoms with van der Waals surface area (Å²) in [6.45, 7) is 5.23. The molecular weight excluding hydrogens is 252 g/mol. The summed E-state index contributed by atoms with van der Waals surface area (Å²) in [4.78, 5) is 9.04. The summed E-state index contributed by atoms with van der Waals surface area (Å²) in [6.07, 6.45) is 6.81. The second-order valence-corrected chi connectivity index (χ2v) is 5.58. The van der Waals surface area contributed by atoms with Crippen LogP contribution in [0.5, 0.6) is 0 Å². The molecule has 2 heterocycles. The first-order valence-electron chi connectivity index (χ1n) is 7.49. The van der Waals surface area contributed by atoms with Crippen molar-refractivity contribution in [3.8, 4) is 0 Å². The van der Waals surface area contributed by atoms with Gasteiger partial charge in [-0.1, -0.05) is 13.3 Å². The van der Waals surface area contributed by atoms with Crippen LogP contribution < -0.4 is 10.6 Å². The molecule has 1 unspecified atom stereocenters. The predicted octanol–water partition coefficient (Wildman–Crippen LogP) is 2.78. The minimum absolute atomic E-state index is 0.441. The molecule has 1 saturated carbocycles. The minimum Gasteiger partial charge on any atom is -0.367 e. The smallest absolute Gasteiger partial charge is 0.226 e. The van der Waals surface area contributed by atoms with Crippen molar-refractivity contribution in [2.45, 2.75) is 45.6 Å². The van der Waals surface area contributed by atoms with Gasteiger partial charge in [-0.2, -0.15) is 15.1 Å². The molecule has 1 fully saturated rings. The molecule has 20 heavy (non-hydrogen) atoms. The summed E-state index contributed by atoms with van der Waals surface area (Å²) in [6, 6.07) is 0.441. The molecule has 0 amide bonds. The van der Waals surface area contributed by atoms with E-state index in [1.807, 2.05) is 0 Å². The number of anilines is 2. The lowest BCUT2D eigenvalue weighted by Crippen LogP contribution is -2.31. The Morgan fingerprint density at radius 1 is 1.40 bits per heavy atom. The van der Waals surface area contributed by atoms with Gasteiger partial charge in [-0.05, 0) is 32.1 Å². The van der Waals surface area contributed by atoms with Gasteiger partial charge < -0.3 is 10.6 Å². The van der Waals surface area contributed by atoms with Gasteiger partial charge in [-0.3, -0.25) is 5.10 Å². The van der Waals surface area contributed by atoms with Crippen molar-refractivity contribution in [1.29, 1.82) is 0 Å². The quantitative estimate of drug-likeness (QED) is 0.755. The van der Waals surface area contributed by atoms with Gasteiger partial charge in [-0.15, -0.1) is 0 Å². The van der Waals surface area contributed by atoms with E-state index in [0.717, 1.165) is 35.7 Å². The number of aromatic amines is 1. The molecule has 0 radical (unpaired) electrons. The fourth-order valence-electron chi connectivity index (χ4n) is 2.53. The Labute approximate surface area is 118 Å². The van der Waals surface area contributed by atoms with Crippen molar-refractivity contribution in [3.63, 3.8) is 0 Å². The number of fused-ring (bicyclic) bond motifs is 1. The van der Waals surface area contributed by atoms with Crippen molar-refractivity contribution < 1.29 is 0 Å². The molecule has 6 heteroatoms. The third-order valence-corrected chi connectivity index (χ3v) is 4.06. The van der Waals surface area contributed by atoms with E-state index in [0.29, 0.717) is 12.0 Å². The molecular formula is C14H22N6. The topological polar surface area (TPSA) is 78.5 Å². The first-order chi connectivity index (χ1) is 9.78. The molecule has 3 rings (SSSR count). The largest absolute Gasteiger partial charge is 0.367 e. The van der Waals surface area contributed by atoms with Crippen LogP contribution in [0.1, 0.15) is 39.5 Å². The Bertz CT molecular complexity index is 574. The van der Waals surface area contributed by atoms with E-state index in [4.69, 9.17) is 0 Å². The number of rotatable bonds is 6. The highest BCUT2D eigenvalue weighted by atomic mass is 15.2. The second-order valence-electron chi connectivity index (χ2n) is 5.58. The van der Waals surface area contributed by atoms with Crippen LogP contribution in [0, 0.1) is 5.92 Å². The summed E-state index contributed by atoms with van der Waals surface area (Å²) < 4.78 is 0. The van der Waals surface area contributed by atoms with Gasteiger partial charge in [0.1, 0.15) is 5.82 Å². The zero-order chi connectivity index (χ0) is 13.9. The first-order valence-corrected chi connectivity index (χ1v) is 7.49. The number of hydrogen-bond acceptors (Lipinski definition) is 5. The molecule has 0 aliphatic heterocycles. The average molecular weight is 274 g/mol. The number of nitrogens with zero attached hydrogens (tertiary/aromatic N) is 3. The lowest BCUT2D eigenvalue weighted by atomic mass is 9.80. The Hall–Kier alpha value is -1.85. The van der Waals surface area contributed by atoms with E-state index in [-0.39, 0.29) is 0 Å². The van der Waals surface area contributed by atoms with Crippen LogP contribution in [-0.2, 0) is 0 Å². The molecule has 0 bridgehead atoms. The van der Waals surface area contributed by atoms with Gasteiger partial charge in [-0.25, -0.2) is 0 Å². The first kappa shape index (κ1) is 13.1. The molecule has 6 nitrogen and oxygen atoms in total. The average Bonchev–Trinajstić information content (AvgIpc) is 2.82. The van der Waals surface area contributed by atoms with Crippen LogP contribution in [0.3, 0.4) is 0 Å². The van der Waals surface area contributed by atoms with Gasteiger partial charge in [0.25, 0.3) is 0 Å². The maximum Gasteiger partial charge on any atom is 0.226 e. The van der Waals surface area contributed by atoms with Gasteiger partial charge in [0.15, 0.2) is 5.65 Å². The van der Waals surface area contributed by atoms with Crippen molar-refractivity contribution in [2.24, 2.45) is 5.92 Å². The van der Waals surface area contributed by atoms with Crippen molar-refractivity contribution in [3.05, 3.63) is 6.20 Å². The van der Waals surface area contributed by atoms with Crippen LogP contribution in [0.2, 0.25) is 0 Å². The highest BCUT2D eigenvalue weighted by Gasteiger charge is 2.24. The third kappa shape index (κ3) is 2.55. The molecule has 2 aromatic heterocycles. The van der Waals surface area contributed by atoms with Crippen LogP contribution in [-0.4, -0.2) is 32.8 Å². The fraction of sp³-hybridized carbons (Fsp3) is 0.643. The molecule has 1 atom stereocenters. The Morgan fingerprint density at radius 3 is 2.95 bits per heavy atom. The molecule has 0 spiro atoms.